The number of benzene rings is 1. The summed E-state index contributed by atoms with van der Waals surface area (Å²) >= 11 is 0. The van der Waals surface area contributed by atoms with Crippen LogP contribution in [0, 0.1) is 0 Å². The van der Waals surface area contributed by atoms with Gasteiger partial charge in [-0.2, -0.15) is 0 Å². The first-order chi connectivity index (χ1) is 11.2. The third-order valence-electron chi connectivity index (χ3n) is 4.54. The maximum atomic E-state index is 12.7. The number of nitrogens with zero attached hydrogens (tertiary/aromatic N) is 4. The number of para-hydroxylation sites is 2. The molecule has 23 heavy (non-hydrogen) atoms. The van der Waals surface area contributed by atoms with Crippen LogP contribution in [0.2, 0.25) is 0 Å². The highest BCUT2D eigenvalue weighted by Crippen LogP contribution is 2.27. The number of aryl methyl sites for hydroxylation is 1. The number of imidazole rings is 2. The van der Waals surface area contributed by atoms with Crippen molar-refractivity contribution in [3.63, 3.8) is 0 Å². The van der Waals surface area contributed by atoms with Gasteiger partial charge in [0, 0.05) is 26.1 Å². The van der Waals surface area contributed by atoms with E-state index in [4.69, 9.17) is 4.98 Å². The van der Waals surface area contributed by atoms with Gasteiger partial charge in [-0.25, -0.2) is 9.97 Å². The second kappa shape index (κ2) is 5.53. The first kappa shape index (κ1) is 14.0. The molecule has 6 heteroatoms. The highest BCUT2D eigenvalue weighted by atomic mass is 16.2. The second-order valence-electron chi connectivity index (χ2n) is 6.12. The molecule has 6 nitrogen and oxygen atoms in total. The molecule has 1 amide bonds. The van der Waals surface area contributed by atoms with Gasteiger partial charge in [-0.1, -0.05) is 12.1 Å². The van der Waals surface area contributed by atoms with Crippen molar-refractivity contribution in [1.82, 2.24) is 24.4 Å². The summed E-state index contributed by atoms with van der Waals surface area (Å²) in [6.07, 6.45) is 5.33. The lowest BCUT2D eigenvalue weighted by atomic mass is 9.97. The Labute approximate surface area is 134 Å². The zero-order chi connectivity index (χ0) is 15.8. The first-order valence-corrected chi connectivity index (χ1v) is 7.92. The number of rotatable bonds is 2. The molecule has 1 atom stereocenters. The van der Waals surface area contributed by atoms with E-state index in [1.165, 1.54) is 0 Å². The lowest BCUT2D eigenvalue weighted by Gasteiger charge is -2.31. The van der Waals surface area contributed by atoms with Crippen LogP contribution in [-0.2, 0) is 7.05 Å². The molecule has 3 heterocycles. The van der Waals surface area contributed by atoms with Crippen LogP contribution < -0.4 is 0 Å². The highest BCUT2D eigenvalue weighted by molar-refractivity contribution is 5.92. The Morgan fingerprint density at radius 1 is 1.35 bits per heavy atom. The van der Waals surface area contributed by atoms with Crippen molar-refractivity contribution in [3.05, 3.63) is 48.3 Å². The third kappa shape index (κ3) is 2.50. The van der Waals surface area contributed by atoms with Gasteiger partial charge in [0.2, 0.25) is 0 Å². The fourth-order valence-corrected chi connectivity index (χ4v) is 3.28. The van der Waals surface area contributed by atoms with Crippen molar-refractivity contribution in [2.24, 2.45) is 7.05 Å². The molecule has 0 bridgehead atoms. The summed E-state index contributed by atoms with van der Waals surface area (Å²) in [7, 11) is 1.85. The van der Waals surface area contributed by atoms with Gasteiger partial charge >= 0.3 is 0 Å². The molecule has 0 radical (unpaired) electrons. The number of aromatic nitrogens is 4. The molecule has 1 fully saturated rings. The zero-order valence-corrected chi connectivity index (χ0v) is 13.1. The number of carbonyl (C=O) groups is 1. The topological polar surface area (TPSA) is 66.8 Å². The predicted octanol–water partition coefficient (Wildman–Crippen LogP) is 2.32. The average Bonchev–Trinajstić information content (AvgIpc) is 3.20. The molecule has 1 aliphatic rings. The van der Waals surface area contributed by atoms with Crippen LogP contribution in [0.1, 0.15) is 35.1 Å². The molecular formula is C17H19N5O. The standard InChI is InChI=1S/C17H19N5O/c1-21-11-18-9-15(21)17(23)22-8-4-5-12(10-22)16-19-13-6-2-3-7-14(13)20-16/h2-3,6-7,9,11-12H,4-5,8,10H2,1H3,(H,19,20)/t12-/m0/s1. The van der Waals surface area contributed by atoms with E-state index in [1.807, 2.05) is 36.2 Å². The van der Waals surface area contributed by atoms with Crippen LogP contribution >= 0.6 is 0 Å². The number of aromatic amines is 1. The molecule has 1 aromatic carbocycles. The van der Waals surface area contributed by atoms with E-state index in [2.05, 4.69) is 9.97 Å². The van der Waals surface area contributed by atoms with Crippen LogP contribution in [0.3, 0.4) is 0 Å². The van der Waals surface area contributed by atoms with Crippen molar-refractivity contribution in [1.29, 1.82) is 0 Å². The minimum atomic E-state index is 0.0470. The predicted molar refractivity (Wildman–Crippen MR) is 87.2 cm³/mol. The fraction of sp³-hybridized carbons (Fsp3) is 0.353. The minimum Gasteiger partial charge on any atom is -0.342 e. The third-order valence-corrected chi connectivity index (χ3v) is 4.54. The van der Waals surface area contributed by atoms with Crippen LogP contribution in [0.4, 0.5) is 0 Å². The summed E-state index contributed by atoms with van der Waals surface area (Å²) in [5.74, 6) is 1.29. The van der Waals surface area contributed by atoms with Gasteiger partial charge in [0.05, 0.1) is 23.6 Å². The number of amides is 1. The second-order valence-corrected chi connectivity index (χ2v) is 6.12. The number of hydrogen-bond donors (Lipinski definition) is 1. The molecule has 3 aromatic rings. The number of carbonyl (C=O) groups excluding carboxylic acids is 1. The number of fused-ring (bicyclic) bond motifs is 1. The summed E-state index contributed by atoms with van der Waals surface area (Å²) in [6, 6.07) is 8.04. The number of likely N-dealkylation sites (tertiary alicyclic amines) is 1. The van der Waals surface area contributed by atoms with Crippen molar-refractivity contribution >= 4 is 16.9 Å². The quantitative estimate of drug-likeness (QED) is 0.790. The monoisotopic (exact) mass is 309 g/mol. The first-order valence-electron chi connectivity index (χ1n) is 7.92. The van der Waals surface area contributed by atoms with Crippen molar-refractivity contribution in [3.8, 4) is 0 Å². The van der Waals surface area contributed by atoms with E-state index in [0.717, 1.165) is 36.2 Å². The average molecular weight is 309 g/mol. The molecule has 1 aliphatic heterocycles. The molecule has 0 unspecified atom stereocenters. The number of H-pyrrole nitrogens is 1. The summed E-state index contributed by atoms with van der Waals surface area (Å²) in [5.41, 5.74) is 2.67. The Bertz CT molecular complexity index is 816. The Balaban J connectivity index is 1.57. The summed E-state index contributed by atoms with van der Waals surface area (Å²) in [6.45, 7) is 1.49. The zero-order valence-electron chi connectivity index (χ0n) is 13.1. The lowest BCUT2D eigenvalue weighted by molar-refractivity contribution is 0.0695. The number of piperidine rings is 1. The Hall–Kier alpha value is -2.63. The van der Waals surface area contributed by atoms with Gasteiger partial charge in [-0.3, -0.25) is 4.79 Å². The normalized spacial score (nSPS) is 18.5. The van der Waals surface area contributed by atoms with Crippen molar-refractivity contribution in [2.75, 3.05) is 13.1 Å². The van der Waals surface area contributed by atoms with Gasteiger partial charge in [-0.05, 0) is 25.0 Å². The van der Waals surface area contributed by atoms with Gasteiger partial charge in [0.25, 0.3) is 5.91 Å². The molecule has 2 aromatic heterocycles. The smallest absolute Gasteiger partial charge is 0.272 e. The van der Waals surface area contributed by atoms with Crippen LogP contribution in [0.5, 0.6) is 0 Å². The number of hydrogen-bond acceptors (Lipinski definition) is 3. The molecule has 1 N–H and O–H groups in total. The molecule has 0 spiro atoms. The van der Waals surface area contributed by atoms with Gasteiger partial charge < -0.3 is 14.5 Å². The molecule has 1 saturated heterocycles. The summed E-state index contributed by atoms with van der Waals surface area (Å²) in [4.78, 5) is 26.7. The van der Waals surface area contributed by atoms with Crippen LogP contribution in [0.15, 0.2) is 36.8 Å². The Morgan fingerprint density at radius 3 is 3.00 bits per heavy atom. The van der Waals surface area contributed by atoms with E-state index < -0.39 is 0 Å². The van der Waals surface area contributed by atoms with E-state index in [9.17, 15) is 4.79 Å². The van der Waals surface area contributed by atoms with Crippen molar-refractivity contribution in [2.45, 2.75) is 18.8 Å². The molecule has 118 valence electrons. The number of nitrogens with one attached hydrogen (secondary N) is 1. The van der Waals surface area contributed by atoms with E-state index >= 15 is 0 Å². The molecule has 0 saturated carbocycles. The molecular weight excluding hydrogens is 290 g/mol. The highest BCUT2D eigenvalue weighted by Gasteiger charge is 2.28. The minimum absolute atomic E-state index is 0.0470. The largest absolute Gasteiger partial charge is 0.342 e. The van der Waals surface area contributed by atoms with Crippen LogP contribution in [-0.4, -0.2) is 43.4 Å². The SMILES string of the molecule is Cn1cncc1C(=O)N1CCC[C@H](c2nc3ccccc3[nH]2)C1. The lowest BCUT2D eigenvalue weighted by Crippen LogP contribution is -2.40. The van der Waals surface area contributed by atoms with Gasteiger partial charge in [0.15, 0.2) is 0 Å². The Kier molecular flexibility index (Phi) is 3.37. The maximum absolute atomic E-state index is 12.7. The Morgan fingerprint density at radius 2 is 2.22 bits per heavy atom. The molecule has 4 rings (SSSR count). The summed E-state index contributed by atoms with van der Waals surface area (Å²) < 4.78 is 1.77. The van der Waals surface area contributed by atoms with E-state index in [-0.39, 0.29) is 11.8 Å². The van der Waals surface area contributed by atoms with E-state index in [0.29, 0.717) is 12.2 Å². The van der Waals surface area contributed by atoms with Crippen molar-refractivity contribution < 1.29 is 4.79 Å². The molecule has 0 aliphatic carbocycles. The fourth-order valence-electron chi connectivity index (χ4n) is 3.28. The maximum Gasteiger partial charge on any atom is 0.272 e. The van der Waals surface area contributed by atoms with Crippen LogP contribution in [0.25, 0.3) is 11.0 Å². The summed E-state index contributed by atoms with van der Waals surface area (Å²) in [5, 5.41) is 0. The van der Waals surface area contributed by atoms with Gasteiger partial charge in [0.1, 0.15) is 11.5 Å². The van der Waals surface area contributed by atoms with E-state index in [1.54, 1.807) is 17.1 Å². The van der Waals surface area contributed by atoms with Gasteiger partial charge in [-0.15, -0.1) is 0 Å².